The largest absolute Gasteiger partial charge is 0.341 e. The van der Waals surface area contributed by atoms with Crippen LogP contribution in [0.2, 0.25) is 0 Å². The van der Waals surface area contributed by atoms with Crippen LogP contribution in [0.4, 0.5) is 11.6 Å². The zero-order valence-electron chi connectivity index (χ0n) is 15.2. The maximum atomic E-state index is 12.6. The summed E-state index contributed by atoms with van der Waals surface area (Å²) in [6.45, 7) is 8.25. The van der Waals surface area contributed by atoms with E-state index in [1.54, 1.807) is 12.4 Å². The van der Waals surface area contributed by atoms with Crippen molar-refractivity contribution in [2.24, 2.45) is 0 Å². The fourth-order valence-corrected chi connectivity index (χ4v) is 3.22. The summed E-state index contributed by atoms with van der Waals surface area (Å²) >= 11 is 0. The van der Waals surface area contributed by atoms with Crippen LogP contribution >= 0.6 is 0 Å². The third kappa shape index (κ3) is 3.98. The summed E-state index contributed by atoms with van der Waals surface area (Å²) in [5, 5.41) is 3.04. The first kappa shape index (κ1) is 17.4. The highest BCUT2D eigenvalue weighted by molar-refractivity contribution is 6.04. The molecule has 0 unspecified atom stereocenters. The number of benzene rings is 1. The maximum absolute atomic E-state index is 12.6. The van der Waals surface area contributed by atoms with Gasteiger partial charge in [0.1, 0.15) is 0 Å². The first-order valence-electron chi connectivity index (χ1n) is 9.04. The second-order valence-electron chi connectivity index (χ2n) is 6.97. The van der Waals surface area contributed by atoms with E-state index in [0.717, 1.165) is 35.9 Å². The molecular formula is C20H26N4O. The standard InChI is InChI=1S/C20H26N4O/c1-14(2)17-9-7-8-15(3)18(17)23-19(25)16-12-21-20(22-13-16)24-10-5-4-6-11-24/h7-9,12-14H,4-6,10-11H2,1-3H3,(H,23,25). The molecular weight excluding hydrogens is 312 g/mol. The molecule has 0 radical (unpaired) electrons. The number of aromatic nitrogens is 2. The molecule has 0 saturated carbocycles. The van der Waals surface area contributed by atoms with Crippen molar-refractivity contribution < 1.29 is 4.79 Å². The number of anilines is 2. The molecule has 1 aliphatic heterocycles. The van der Waals surface area contributed by atoms with E-state index in [1.807, 2.05) is 19.1 Å². The molecule has 1 saturated heterocycles. The topological polar surface area (TPSA) is 58.1 Å². The molecule has 3 rings (SSSR count). The first-order valence-corrected chi connectivity index (χ1v) is 9.04. The second-order valence-corrected chi connectivity index (χ2v) is 6.97. The molecule has 1 amide bonds. The molecule has 1 aliphatic rings. The zero-order valence-corrected chi connectivity index (χ0v) is 15.2. The molecule has 0 spiro atoms. The van der Waals surface area contributed by atoms with Crippen LogP contribution in [0.1, 0.15) is 60.5 Å². The number of carbonyl (C=O) groups excluding carboxylic acids is 1. The molecule has 0 atom stereocenters. The van der Waals surface area contributed by atoms with Crippen molar-refractivity contribution in [2.75, 3.05) is 23.3 Å². The molecule has 5 nitrogen and oxygen atoms in total. The number of hydrogen-bond donors (Lipinski definition) is 1. The Morgan fingerprint density at radius 3 is 2.44 bits per heavy atom. The average Bonchev–Trinajstić information content (AvgIpc) is 2.64. The van der Waals surface area contributed by atoms with Gasteiger partial charge in [0.05, 0.1) is 5.56 Å². The lowest BCUT2D eigenvalue weighted by Gasteiger charge is -2.26. The van der Waals surface area contributed by atoms with Gasteiger partial charge in [-0.1, -0.05) is 32.0 Å². The van der Waals surface area contributed by atoms with Crippen LogP contribution in [0.5, 0.6) is 0 Å². The Bertz CT molecular complexity index is 734. The number of nitrogens with zero attached hydrogens (tertiary/aromatic N) is 3. The Morgan fingerprint density at radius 2 is 1.80 bits per heavy atom. The third-order valence-electron chi connectivity index (χ3n) is 4.70. The smallest absolute Gasteiger partial charge is 0.258 e. The number of piperidine rings is 1. The van der Waals surface area contributed by atoms with Crippen molar-refractivity contribution in [1.82, 2.24) is 9.97 Å². The molecule has 1 aromatic carbocycles. The van der Waals surface area contributed by atoms with E-state index in [9.17, 15) is 4.79 Å². The van der Waals surface area contributed by atoms with Crippen molar-refractivity contribution in [3.63, 3.8) is 0 Å². The van der Waals surface area contributed by atoms with Gasteiger partial charge >= 0.3 is 0 Å². The van der Waals surface area contributed by atoms with E-state index >= 15 is 0 Å². The molecule has 1 fully saturated rings. The van der Waals surface area contributed by atoms with Crippen LogP contribution in [0, 0.1) is 6.92 Å². The van der Waals surface area contributed by atoms with Gasteiger partial charge < -0.3 is 10.2 Å². The van der Waals surface area contributed by atoms with E-state index in [2.05, 4.69) is 40.1 Å². The fourth-order valence-electron chi connectivity index (χ4n) is 3.22. The van der Waals surface area contributed by atoms with Crippen LogP contribution in [0.3, 0.4) is 0 Å². The van der Waals surface area contributed by atoms with E-state index < -0.39 is 0 Å². The van der Waals surface area contributed by atoms with Crippen molar-refractivity contribution in [3.8, 4) is 0 Å². The number of aryl methyl sites for hydroxylation is 1. The van der Waals surface area contributed by atoms with Gasteiger partial charge in [-0.25, -0.2) is 9.97 Å². The number of nitrogens with one attached hydrogen (secondary N) is 1. The number of rotatable bonds is 4. The highest BCUT2D eigenvalue weighted by atomic mass is 16.1. The third-order valence-corrected chi connectivity index (χ3v) is 4.70. The predicted octanol–water partition coefficient (Wildman–Crippen LogP) is 4.15. The van der Waals surface area contributed by atoms with Crippen molar-refractivity contribution in [1.29, 1.82) is 0 Å². The normalized spacial score (nSPS) is 14.6. The lowest BCUT2D eigenvalue weighted by Crippen LogP contribution is -2.31. The quantitative estimate of drug-likeness (QED) is 0.910. The van der Waals surface area contributed by atoms with Gasteiger partial charge in [0, 0.05) is 31.2 Å². The lowest BCUT2D eigenvalue weighted by molar-refractivity contribution is 0.102. The van der Waals surface area contributed by atoms with Gasteiger partial charge in [0.15, 0.2) is 0 Å². The number of amides is 1. The number of para-hydroxylation sites is 1. The van der Waals surface area contributed by atoms with E-state index in [1.165, 1.54) is 19.3 Å². The first-order chi connectivity index (χ1) is 12.1. The molecule has 5 heteroatoms. The number of carbonyl (C=O) groups is 1. The summed E-state index contributed by atoms with van der Waals surface area (Å²) in [4.78, 5) is 23.6. The summed E-state index contributed by atoms with van der Waals surface area (Å²) in [7, 11) is 0. The van der Waals surface area contributed by atoms with Gasteiger partial charge in [0.25, 0.3) is 5.91 Å². The molecule has 0 aliphatic carbocycles. The SMILES string of the molecule is Cc1cccc(C(C)C)c1NC(=O)c1cnc(N2CCCCC2)nc1. The minimum atomic E-state index is -0.165. The van der Waals surface area contributed by atoms with Crippen molar-refractivity contribution in [2.45, 2.75) is 46.0 Å². The molecule has 1 aromatic heterocycles. The van der Waals surface area contributed by atoms with Crippen molar-refractivity contribution >= 4 is 17.5 Å². The summed E-state index contributed by atoms with van der Waals surface area (Å²) in [6, 6.07) is 6.09. The van der Waals surface area contributed by atoms with Gasteiger partial charge in [0.2, 0.25) is 5.95 Å². The van der Waals surface area contributed by atoms with Crippen LogP contribution in [0.15, 0.2) is 30.6 Å². The predicted molar refractivity (Wildman–Crippen MR) is 101 cm³/mol. The Morgan fingerprint density at radius 1 is 1.12 bits per heavy atom. The Labute approximate surface area is 149 Å². The Hall–Kier alpha value is -2.43. The highest BCUT2D eigenvalue weighted by Gasteiger charge is 2.16. The zero-order chi connectivity index (χ0) is 17.8. The highest BCUT2D eigenvalue weighted by Crippen LogP contribution is 2.27. The molecule has 2 heterocycles. The van der Waals surface area contributed by atoms with Crippen LogP contribution < -0.4 is 10.2 Å². The monoisotopic (exact) mass is 338 g/mol. The Balaban J connectivity index is 1.76. The minimum Gasteiger partial charge on any atom is -0.341 e. The molecule has 132 valence electrons. The van der Waals surface area contributed by atoms with Crippen LogP contribution in [-0.2, 0) is 0 Å². The lowest BCUT2D eigenvalue weighted by atomic mass is 9.98. The van der Waals surface area contributed by atoms with E-state index in [-0.39, 0.29) is 5.91 Å². The molecule has 0 bridgehead atoms. The molecule has 1 N–H and O–H groups in total. The van der Waals surface area contributed by atoms with Gasteiger partial charge in [-0.15, -0.1) is 0 Å². The average molecular weight is 338 g/mol. The van der Waals surface area contributed by atoms with E-state index in [4.69, 9.17) is 0 Å². The summed E-state index contributed by atoms with van der Waals surface area (Å²) < 4.78 is 0. The Kier molecular flexibility index (Phi) is 5.31. The summed E-state index contributed by atoms with van der Waals surface area (Å²) in [6.07, 6.45) is 6.87. The molecule has 2 aromatic rings. The fraction of sp³-hybridized carbons (Fsp3) is 0.450. The minimum absolute atomic E-state index is 0.165. The molecule has 25 heavy (non-hydrogen) atoms. The van der Waals surface area contributed by atoms with Crippen LogP contribution in [-0.4, -0.2) is 29.0 Å². The summed E-state index contributed by atoms with van der Waals surface area (Å²) in [5.41, 5.74) is 3.57. The number of hydrogen-bond acceptors (Lipinski definition) is 4. The second kappa shape index (κ2) is 7.64. The van der Waals surface area contributed by atoms with Gasteiger partial charge in [-0.2, -0.15) is 0 Å². The van der Waals surface area contributed by atoms with E-state index in [0.29, 0.717) is 11.5 Å². The van der Waals surface area contributed by atoms with Gasteiger partial charge in [-0.3, -0.25) is 4.79 Å². The maximum Gasteiger partial charge on any atom is 0.258 e. The summed E-state index contributed by atoms with van der Waals surface area (Å²) in [5.74, 6) is 0.893. The van der Waals surface area contributed by atoms with Crippen molar-refractivity contribution in [3.05, 3.63) is 47.3 Å². The van der Waals surface area contributed by atoms with Crippen LogP contribution in [0.25, 0.3) is 0 Å². The van der Waals surface area contributed by atoms with Gasteiger partial charge in [-0.05, 0) is 43.2 Å².